The molecule has 193 valence electrons. The molecule has 0 unspecified atom stereocenters. The molecule has 0 N–H and O–H groups in total. The average molecular weight is 566 g/mol. The minimum atomic E-state index is -2.19. The van der Waals surface area contributed by atoms with Gasteiger partial charge >= 0.3 is 144 Å². The van der Waals surface area contributed by atoms with Gasteiger partial charge in [-0.1, -0.05) is 48.2 Å². The van der Waals surface area contributed by atoms with E-state index in [-0.39, 0.29) is 16.8 Å². The summed E-state index contributed by atoms with van der Waals surface area (Å²) in [5, 5.41) is 5.93. The molecule has 0 aliphatic heterocycles. The monoisotopic (exact) mass is 565 g/mol. The Hall–Kier alpha value is -3.92. The Kier molecular flexibility index (Phi) is 10.3. The van der Waals surface area contributed by atoms with E-state index in [0.717, 1.165) is 17.5 Å². The second-order valence-corrected chi connectivity index (χ2v) is 13.0. The first kappa shape index (κ1) is 28.1. The van der Waals surface area contributed by atoms with Crippen LogP contribution in [0.2, 0.25) is 0 Å². The minimum absolute atomic E-state index is 0. The Labute approximate surface area is 243 Å². The number of hydrogen-bond acceptors (Lipinski definition) is 0. The van der Waals surface area contributed by atoms with Gasteiger partial charge in [-0.15, -0.1) is 0 Å². The maximum absolute atomic E-state index is 3.11. The molecule has 0 amide bonds. The number of rotatable bonds is 4. The molecule has 0 fully saturated rings. The largest absolute Gasteiger partial charge is 0 e. The van der Waals surface area contributed by atoms with E-state index < -0.39 is 7.26 Å². The number of hydrogen-bond donors (Lipinski definition) is 0. The summed E-state index contributed by atoms with van der Waals surface area (Å²) in [5.74, 6) is 6.22. The molecule has 1 aliphatic carbocycles. The summed E-state index contributed by atoms with van der Waals surface area (Å²) in [6.07, 6.45) is 7.89. The zero-order valence-electron chi connectivity index (χ0n) is 21.7. The molecule has 1 aliphatic rings. The summed E-state index contributed by atoms with van der Waals surface area (Å²) in [6.45, 7) is 0. The van der Waals surface area contributed by atoms with Crippen LogP contribution in [0.5, 0.6) is 0 Å². The molecule has 2 heteroatoms. The van der Waals surface area contributed by atoms with Crippen LogP contribution in [0.3, 0.4) is 0 Å². The fraction of sp³-hybridized carbons (Fsp3) is 0.0270. The summed E-state index contributed by atoms with van der Waals surface area (Å²) >= 11 is 0. The van der Waals surface area contributed by atoms with Crippen molar-refractivity contribution in [2.75, 3.05) is 0 Å². The van der Waals surface area contributed by atoms with Crippen molar-refractivity contribution in [1.82, 2.24) is 0 Å². The van der Waals surface area contributed by atoms with Gasteiger partial charge in [0.05, 0.1) is 0 Å². The Morgan fingerprint density at radius 3 is 1.08 bits per heavy atom. The summed E-state index contributed by atoms with van der Waals surface area (Å²) in [7, 11) is -2.19. The van der Waals surface area contributed by atoms with Crippen LogP contribution in [0.15, 0.2) is 175 Å². The van der Waals surface area contributed by atoms with Gasteiger partial charge in [0.15, 0.2) is 0 Å². The van der Waals surface area contributed by atoms with Crippen LogP contribution in [-0.4, -0.2) is 0 Å². The molecule has 1 radical (unpaired) electrons. The summed E-state index contributed by atoms with van der Waals surface area (Å²) in [6, 6.07) is 53.2. The molecular formula is C37H31CoP. The molecule has 0 spiro atoms. The van der Waals surface area contributed by atoms with Crippen LogP contribution in [-0.2, 0) is 16.8 Å². The topological polar surface area (TPSA) is 0 Å². The molecule has 0 atom stereocenters. The van der Waals surface area contributed by atoms with Gasteiger partial charge in [-0.05, 0) is 24.3 Å². The van der Waals surface area contributed by atoms with E-state index in [1.807, 2.05) is 60.7 Å². The van der Waals surface area contributed by atoms with Gasteiger partial charge in [-0.3, -0.25) is 0 Å². The molecule has 0 saturated heterocycles. The zero-order valence-corrected chi connectivity index (χ0v) is 23.7. The second-order valence-electron chi connectivity index (χ2n) is 9.15. The Morgan fingerprint density at radius 2 is 0.769 bits per heavy atom. The van der Waals surface area contributed by atoms with Gasteiger partial charge in [0.1, 0.15) is 0 Å². The van der Waals surface area contributed by atoms with Crippen LogP contribution in [0.4, 0.5) is 0 Å². The van der Waals surface area contributed by atoms with E-state index in [1.165, 1.54) is 15.9 Å². The van der Waals surface area contributed by atoms with Gasteiger partial charge in [-0.25, -0.2) is 0 Å². The molecule has 6 rings (SSSR count). The van der Waals surface area contributed by atoms with Gasteiger partial charge in [0.2, 0.25) is 0 Å². The molecule has 0 nitrogen and oxygen atoms in total. The fourth-order valence-corrected chi connectivity index (χ4v) is 9.99. The predicted octanol–water partition coefficient (Wildman–Crippen LogP) is 7.64. The third kappa shape index (κ3) is 6.75. The summed E-state index contributed by atoms with van der Waals surface area (Å²) < 4.78 is 0. The fourth-order valence-electron chi connectivity index (χ4n) is 5.03. The molecule has 5 aromatic rings. The van der Waals surface area contributed by atoms with Crippen molar-refractivity contribution in [3.63, 3.8) is 0 Å². The average Bonchev–Trinajstić information content (AvgIpc) is 3.55. The van der Waals surface area contributed by atoms with Gasteiger partial charge in [-0.2, -0.15) is 0 Å². The van der Waals surface area contributed by atoms with Crippen molar-refractivity contribution in [2.45, 2.75) is 6.42 Å². The maximum Gasteiger partial charge on any atom is 0 e. The standard InChI is InChI=1S/C23H21P.C14H10.Co/c1-4-12-20(13-5-1)24(23-18-10-11-19-23,21-14-6-2-7-15-21)22-16-8-3-9-17-22;1-3-7-13(8-4-1)11-12-14-9-5-2-6-10-14;/h1-18,24H,19H2;1-10H;. The van der Waals surface area contributed by atoms with Crippen molar-refractivity contribution < 1.29 is 16.8 Å². The quantitative estimate of drug-likeness (QED) is 0.155. The summed E-state index contributed by atoms with van der Waals surface area (Å²) in [5.41, 5.74) is 2.10. The van der Waals surface area contributed by atoms with E-state index in [9.17, 15) is 0 Å². The molecule has 0 bridgehead atoms. The normalized spacial score (nSPS) is 12.1. The second kappa shape index (κ2) is 14.3. The summed E-state index contributed by atoms with van der Waals surface area (Å²) in [4.78, 5) is 0. The van der Waals surface area contributed by atoms with Crippen molar-refractivity contribution in [1.29, 1.82) is 0 Å². The van der Waals surface area contributed by atoms with Gasteiger partial charge < -0.3 is 0 Å². The third-order valence-electron chi connectivity index (χ3n) is 6.77. The number of allylic oxidation sites excluding steroid dienone is 4. The Morgan fingerprint density at radius 1 is 0.436 bits per heavy atom. The van der Waals surface area contributed by atoms with E-state index in [4.69, 9.17) is 0 Å². The van der Waals surface area contributed by atoms with Crippen LogP contribution in [0.1, 0.15) is 17.5 Å². The van der Waals surface area contributed by atoms with E-state index in [0.29, 0.717) is 0 Å². The molecule has 0 saturated carbocycles. The van der Waals surface area contributed by atoms with E-state index >= 15 is 0 Å². The molecule has 0 heterocycles. The van der Waals surface area contributed by atoms with Crippen molar-refractivity contribution in [3.05, 3.63) is 186 Å². The van der Waals surface area contributed by atoms with E-state index in [2.05, 4.69) is 121 Å². The smallest absolute Gasteiger partial charge is 0 e. The van der Waals surface area contributed by atoms with Crippen LogP contribution >= 0.6 is 7.26 Å². The van der Waals surface area contributed by atoms with Crippen LogP contribution in [0.25, 0.3) is 0 Å². The SMILES string of the molecule is C(#Cc1ccccc1)c1ccccc1.C1=CCC([PH](c2ccccc2)(c2ccccc2)c2ccccc2)=C1.[Co]. The number of benzene rings is 5. The Balaban J connectivity index is 0.000000202. The maximum atomic E-state index is 3.11. The predicted molar refractivity (Wildman–Crippen MR) is 167 cm³/mol. The zero-order chi connectivity index (χ0) is 25.9. The first-order valence-corrected chi connectivity index (χ1v) is 15.0. The molecule has 0 aromatic heterocycles. The van der Waals surface area contributed by atoms with Crippen LogP contribution in [0, 0.1) is 11.8 Å². The first-order chi connectivity index (χ1) is 18.9. The van der Waals surface area contributed by atoms with Crippen molar-refractivity contribution in [2.24, 2.45) is 0 Å². The third-order valence-corrected chi connectivity index (χ3v) is 11.7. The first-order valence-electron chi connectivity index (χ1n) is 13.0. The van der Waals surface area contributed by atoms with E-state index in [1.54, 1.807) is 5.31 Å². The minimum Gasteiger partial charge on any atom is 0 e. The van der Waals surface area contributed by atoms with Crippen LogP contribution < -0.4 is 15.9 Å². The molecule has 5 aromatic carbocycles. The van der Waals surface area contributed by atoms with Gasteiger partial charge in [0.25, 0.3) is 0 Å². The van der Waals surface area contributed by atoms with Gasteiger partial charge in [0, 0.05) is 27.9 Å². The molecule has 39 heavy (non-hydrogen) atoms. The van der Waals surface area contributed by atoms with Crippen molar-refractivity contribution in [3.8, 4) is 11.8 Å². The Bertz CT molecular complexity index is 1410. The van der Waals surface area contributed by atoms with Crippen molar-refractivity contribution >= 4 is 23.2 Å². The molecular weight excluding hydrogens is 534 g/mol.